The van der Waals surface area contributed by atoms with Crippen LogP contribution in [0.25, 0.3) is 16.7 Å². The summed E-state index contributed by atoms with van der Waals surface area (Å²) in [7, 11) is 0. The van der Waals surface area contributed by atoms with Crippen molar-refractivity contribution in [2.75, 3.05) is 6.61 Å². The van der Waals surface area contributed by atoms with E-state index in [1.54, 1.807) is 42.5 Å². The lowest BCUT2D eigenvalue weighted by molar-refractivity contribution is 0.123. The molecule has 0 amide bonds. The zero-order chi connectivity index (χ0) is 23.4. The van der Waals surface area contributed by atoms with Crippen LogP contribution >= 0.6 is 0 Å². The van der Waals surface area contributed by atoms with Crippen molar-refractivity contribution >= 4 is 5.57 Å². The first-order chi connectivity index (χ1) is 16.0. The van der Waals surface area contributed by atoms with Crippen LogP contribution in [0.1, 0.15) is 56.1 Å². The second-order valence-electron chi connectivity index (χ2n) is 9.19. The Morgan fingerprint density at radius 3 is 2.30 bits per heavy atom. The molecule has 1 fully saturated rings. The highest BCUT2D eigenvalue weighted by Crippen LogP contribution is 2.38. The van der Waals surface area contributed by atoms with Crippen LogP contribution in [0.3, 0.4) is 0 Å². The molecule has 2 aliphatic carbocycles. The number of hydrogen-bond acceptors (Lipinski definition) is 1. The van der Waals surface area contributed by atoms with Crippen LogP contribution in [-0.2, 0) is 4.74 Å². The fraction of sp³-hybridized carbons (Fsp3) is 0.379. The van der Waals surface area contributed by atoms with Crippen LogP contribution in [0.15, 0.2) is 73.0 Å². The standard InChI is InChI=1S/C29H31F3O/c1-3-4-17-33-27-16-15-25(28(31)29(27)32)22-11-9-21(10-12-22)24-14-13-23(18-26(24)30)20-7-5-19(2)6-8-20/h3,9-16,18-20,28-29H,1,4-8,17H2,2H3. The zero-order valence-corrected chi connectivity index (χ0v) is 19.1. The summed E-state index contributed by atoms with van der Waals surface area (Å²) >= 11 is 0. The summed E-state index contributed by atoms with van der Waals surface area (Å²) in [6.07, 6.45) is 6.22. The van der Waals surface area contributed by atoms with Gasteiger partial charge in [0.1, 0.15) is 11.6 Å². The van der Waals surface area contributed by atoms with Crippen LogP contribution in [0.5, 0.6) is 0 Å². The van der Waals surface area contributed by atoms with E-state index < -0.39 is 12.3 Å². The molecule has 0 saturated heterocycles. The molecule has 2 atom stereocenters. The van der Waals surface area contributed by atoms with Gasteiger partial charge in [0, 0.05) is 5.56 Å². The fourth-order valence-electron chi connectivity index (χ4n) is 4.76. The van der Waals surface area contributed by atoms with Gasteiger partial charge in [-0.2, -0.15) is 0 Å². The molecule has 0 aliphatic heterocycles. The van der Waals surface area contributed by atoms with E-state index in [0.29, 0.717) is 29.0 Å². The smallest absolute Gasteiger partial charge is 0.192 e. The summed E-state index contributed by atoms with van der Waals surface area (Å²) in [6, 6.07) is 12.5. The minimum Gasteiger partial charge on any atom is -0.494 e. The Hall–Kier alpha value is -2.75. The number of alkyl halides is 2. The van der Waals surface area contributed by atoms with Gasteiger partial charge in [0.05, 0.1) is 6.61 Å². The second-order valence-corrected chi connectivity index (χ2v) is 9.19. The minimum atomic E-state index is -1.85. The summed E-state index contributed by atoms with van der Waals surface area (Å²) in [5.41, 5.74) is 3.13. The molecule has 0 aromatic heterocycles. The number of ether oxygens (including phenoxy) is 1. The molecule has 1 saturated carbocycles. The third-order valence-corrected chi connectivity index (χ3v) is 6.85. The number of halogens is 3. The van der Waals surface area contributed by atoms with E-state index in [0.717, 1.165) is 24.3 Å². The van der Waals surface area contributed by atoms with Gasteiger partial charge in [-0.25, -0.2) is 13.2 Å². The van der Waals surface area contributed by atoms with Crippen LogP contribution in [0.2, 0.25) is 0 Å². The molecule has 1 nitrogen and oxygen atoms in total. The molecular weight excluding hydrogens is 421 g/mol. The molecule has 2 aromatic carbocycles. The SMILES string of the molecule is C=CCCOC1=CC=C(c2ccc(-c3ccc(C4CCC(C)CC4)cc3F)cc2)C(F)C1F. The monoisotopic (exact) mass is 452 g/mol. The van der Waals surface area contributed by atoms with Crippen molar-refractivity contribution in [3.05, 3.63) is 90.0 Å². The lowest BCUT2D eigenvalue weighted by Crippen LogP contribution is -2.25. The molecule has 4 rings (SSSR count). The van der Waals surface area contributed by atoms with Crippen molar-refractivity contribution in [3.8, 4) is 11.1 Å². The van der Waals surface area contributed by atoms with Gasteiger partial charge in [0.25, 0.3) is 0 Å². The second kappa shape index (κ2) is 10.5. The summed E-state index contributed by atoms with van der Waals surface area (Å²) in [6.45, 7) is 6.13. The molecule has 4 heteroatoms. The Labute approximate surface area is 194 Å². The van der Waals surface area contributed by atoms with Crippen molar-refractivity contribution in [3.63, 3.8) is 0 Å². The maximum atomic E-state index is 15.0. The highest BCUT2D eigenvalue weighted by molar-refractivity contribution is 5.75. The number of allylic oxidation sites excluding steroid dienone is 4. The Bertz CT molecular complexity index is 1030. The van der Waals surface area contributed by atoms with Crippen LogP contribution < -0.4 is 0 Å². The first-order valence-electron chi connectivity index (χ1n) is 11.8. The summed E-state index contributed by atoms with van der Waals surface area (Å²) < 4.78 is 49.6. The molecular formula is C29H31F3O. The number of rotatable bonds is 7. The molecule has 0 heterocycles. The van der Waals surface area contributed by atoms with E-state index >= 15 is 0 Å². The van der Waals surface area contributed by atoms with Gasteiger partial charge in [0.15, 0.2) is 12.3 Å². The Morgan fingerprint density at radius 1 is 0.939 bits per heavy atom. The fourth-order valence-corrected chi connectivity index (χ4v) is 4.76. The Balaban J connectivity index is 1.50. The van der Waals surface area contributed by atoms with Gasteiger partial charge < -0.3 is 4.74 Å². The molecule has 2 aliphatic rings. The number of hydrogen-bond donors (Lipinski definition) is 0. The van der Waals surface area contributed by atoms with E-state index in [1.165, 1.54) is 18.9 Å². The van der Waals surface area contributed by atoms with Crippen LogP contribution in [-0.4, -0.2) is 19.0 Å². The lowest BCUT2D eigenvalue weighted by Gasteiger charge is -2.26. The van der Waals surface area contributed by atoms with Crippen molar-refractivity contribution in [1.82, 2.24) is 0 Å². The van der Waals surface area contributed by atoms with E-state index in [-0.39, 0.29) is 23.8 Å². The molecule has 2 aromatic rings. The molecule has 2 unspecified atom stereocenters. The molecule has 0 N–H and O–H groups in total. The third-order valence-electron chi connectivity index (χ3n) is 6.85. The van der Waals surface area contributed by atoms with E-state index in [2.05, 4.69) is 13.5 Å². The zero-order valence-electron chi connectivity index (χ0n) is 19.1. The molecule has 0 spiro atoms. The highest BCUT2D eigenvalue weighted by atomic mass is 19.2. The van der Waals surface area contributed by atoms with Crippen molar-refractivity contribution in [2.45, 2.75) is 57.3 Å². The highest BCUT2D eigenvalue weighted by Gasteiger charge is 2.32. The molecule has 0 radical (unpaired) electrons. The Kier molecular flexibility index (Phi) is 7.42. The van der Waals surface area contributed by atoms with Gasteiger partial charge in [-0.3, -0.25) is 0 Å². The molecule has 174 valence electrons. The summed E-state index contributed by atoms with van der Waals surface area (Å²) in [5.74, 6) is 0.942. The van der Waals surface area contributed by atoms with Crippen LogP contribution in [0, 0.1) is 11.7 Å². The molecule has 0 bridgehead atoms. The van der Waals surface area contributed by atoms with E-state index in [9.17, 15) is 13.2 Å². The largest absolute Gasteiger partial charge is 0.494 e. The van der Waals surface area contributed by atoms with E-state index in [1.807, 2.05) is 12.1 Å². The molecule has 33 heavy (non-hydrogen) atoms. The maximum Gasteiger partial charge on any atom is 0.192 e. The number of benzene rings is 2. The minimum absolute atomic E-state index is 0.000644. The first kappa shape index (κ1) is 23.4. The van der Waals surface area contributed by atoms with Gasteiger partial charge in [-0.05, 0) is 65.5 Å². The topological polar surface area (TPSA) is 9.23 Å². The quantitative estimate of drug-likeness (QED) is 0.303. The van der Waals surface area contributed by atoms with Gasteiger partial charge in [0.2, 0.25) is 0 Å². The average Bonchev–Trinajstić information content (AvgIpc) is 2.83. The maximum absolute atomic E-state index is 15.0. The van der Waals surface area contributed by atoms with Crippen molar-refractivity contribution < 1.29 is 17.9 Å². The lowest BCUT2D eigenvalue weighted by atomic mass is 9.79. The first-order valence-corrected chi connectivity index (χ1v) is 11.8. The van der Waals surface area contributed by atoms with Crippen LogP contribution in [0.4, 0.5) is 13.2 Å². The van der Waals surface area contributed by atoms with Crippen molar-refractivity contribution in [2.24, 2.45) is 5.92 Å². The predicted octanol–water partition coefficient (Wildman–Crippen LogP) is 8.34. The Morgan fingerprint density at radius 2 is 1.64 bits per heavy atom. The summed E-state index contributed by atoms with van der Waals surface area (Å²) in [5, 5.41) is 0. The average molecular weight is 453 g/mol. The summed E-state index contributed by atoms with van der Waals surface area (Å²) in [4.78, 5) is 0. The van der Waals surface area contributed by atoms with Gasteiger partial charge in [-0.1, -0.05) is 68.3 Å². The predicted molar refractivity (Wildman–Crippen MR) is 129 cm³/mol. The normalized spacial score (nSPS) is 25.2. The third kappa shape index (κ3) is 5.26. The van der Waals surface area contributed by atoms with Gasteiger partial charge in [-0.15, -0.1) is 6.58 Å². The van der Waals surface area contributed by atoms with E-state index in [4.69, 9.17) is 4.74 Å². The van der Waals surface area contributed by atoms with Crippen molar-refractivity contribution in [1.29, 1.82) is 0 Å². The van der Waals surface area contributed by atoms with Gasteiger partial charge >= 0.3 is 0 Å².